The number of aryl methyl sites for hydroxylation is 1. The van der Waals surface area contributed by atoms with Gasteiger partial charge in [-0.3, -0.25) is 4.79 Å². The van der Waals surface area contributed by atoms with Crippen molar-refractivity contribution in [1.82, 2.24) is 0 Å². The van der Waals surface area contributed by atoms with Gasteiger partial charge in [0.1, 0.15) is 0 Å². The second-order valence-corrected chi connectivity index (χ2v) is 5.50. The van der Waals surface area contributed by atoms with Gasteiger partial charge < -0.3 is 5.32 Å². The molecule has 0 aliphatic carbocycles. The Bertz CT molecular complexity index is 561. The van der Waals surface area contributed by atoms with Crippen molar-refractivity contribution in [2.45, 2.75) is 19.1 Å². The zero-order valence-electron chi connectivity index (χ0n) is 11.8. The van der Waals surface area contributed by atoms with Crippen molar-refractivity contribution in [2.24, 2.45) is 0 Å². The molecule has 0 bridgehead atoms. The van der Waals surface area contributed by atoms with E-state index in [1.165, 1.54) is 11.1 Å². The van der Waals surface area contributed by atoms with Crippen molar-refractivity contribution in [3.63, 3.8) is 0 Å². The van der Waals surface area contributed by atoms with Gasteiger partial charge in [0.2, 0.25) is 0 Å². The van der Waals surface area contributed by atoms with Crippen LogP contribution >= 0.6 is 11.8 Å². The van der Waals surface area contributed by atoms with E-state index in [0.717, 1.165) is 17.9 Å². The average Bonchev–Trinajstić information content (AvgIpc) is 2.49. The zero-order chi connectivity index (χ0) is 14.4. The number of rotatable bonds is 5. The predicted molar refractivity (Wildman–Crippen MR) is 87.4 cm³/mol. The van der Waals surface area contributed by atoms with E-state index in [4.69, 9.17) is 0 Å². The highest BCUT2D eigenvalue weighted by Crippen LogP contribution is 2.14. The highest BCUT2D eigenvalue weighted by Gasteiger charge is 2.05. The minimum Gasteiger partial charge on any atom is -0.322 e. The molecule has 2 rings (SSSR count). The van der Waals surface area contributed by atoms with Crippen LogP contribution in [-0.2, 0) is 12.2 Å². The van der Waals surface area contributed by atoms with Crippen molar-refractivity contribution in [1.29, 1.82) is 0 Å². The summed E-state index contributed by atoms with van der Waals surface area (Å²) < 4.78 is 0. The Morgan fingerprint density at radius 3 is 2.15 bits per heavy atom. The summed E-state index contributed by atoms with van der Waals surface area (Å²) in [7, 11) is 0. The van der Waals surface area contributed by atoms with Gasteiger partial charge in [-0.2, -0.15) is 11.8 Å². The van der Waals surface area contributed by atoms with Crippen molar-refractivity contribution in [3.05, 3.63) is 65.2 Å². The van der Waals surface area contributed by atoms with Crippen LogP contribution in [0, 0.1) is 0 Å². The van der Waals surface area contributed by atoms with E-state index >= 15 is 0 Å². The normalized spacial score (nSPS) is 10.3. The molecule has 2 aromatic carbocycles. The summed E-state index contributed by atoms with van der Waals surface area (Å²) in [4.78, 5) is 12.1. The highest BCUT2D eigenvalue weighted by atomic mass is 32.2. The van der Waals surface area contributed by atoms with Crippen LogP contribution in [0.2, 0.25) is 0 Å². The highest BCUT2D eigenvalue weighted by molar-refractivity contribution is 7.97. The van der Waals surface area contributed by atoms with E-state index in [0.29, 0.717) is 5.56 Å². The van der Waals surface area contributed by atoms with Crippen LogP contribution in [0.25, 0.3) is 0 Å². The monoisotopic (exact) mass is 285 g/mol. The van der Waals surface area contributed by atoms with Crippen LogP contribution in [-0.4, -0.2) is 12.2 Å². The summed E-state index contributed by atoms with van der Waals surface area (Å²) in [6, 6.07) is 15.7. The molecule has 0 fully saturated rings. The Labute approximate surface area is 124 Å². The van der Waals surface area contributed by atoms with Crippen LogP contribution < -0.4 is 5.32 Å². The van der Waals surface area contributed by atoms with E-state index < -0.39 is 0 Å². The molecule has 0 saturated heterocycles. The summed E-state index contributed by atoms with van der Waals surface area (Å²) >= 11 is 1.77. The molecule has 0 atom stereocenters. The lowest BCUT2D eigenvalue weighted by Crippen LogP contribution is -2.11. The maximum Gasteiger partial charge on any atom is 0.255 e. The maximum atomic E-state index is 12.1. The average molecular weight is 285 g/mol. The maximum absolute atomic E-state index is 12.1. The third kappa shape index (κ3) is 3.87. The molecule has 0 spiro atoms. The first kappa shape index (κ1) is 14.7. The molecule has 1 amide bonds. The fraction of sp³-hybridized carbons (Fsp3) is 0.235. The molecular weight excluding hydrogens is 266 g/mol. The standard InChI is InChI=1S/C17H19NOS/c1-3-13-6-10-16(11-7-13)18-17(19)15-8-4-14(5-9-15)12-20-2/h4-11H,3,12H2,1-2H3,(H,18,19). The zero-order valence-corrected chi connectivity index (χ0v) is 12.7. The molecule has 0 radical (unpaired) electrons. The smallest absolute Gasteiger partial charge is 0.255 e. The minimum absolute atomic E-state index is 0.0649. The van der Waals surface area contributed by atoms with Crippen molar-refractivity contribution >= 4 is 23.4 Å². The number of anilines is 1. The Hall–Kier alpha value is -1.74. The third-order valence-electron chi connectivity index (χ3n) is 3.15. The molecular formula is C17H19NOS. The molecule has 0 aromatic heterocycles. The number of carbonyl (C=O) groups excluding carboxylic acids is 1. The van der Waals surface area contributed by atoms with Crippen LogP contribution in [0.1, 0.15) is 28.4 Å². The molecule has 2 nitrogen and oxygen atoms in total. The van der Waals surface area contributed by atoms with E-state index in [9.17, 15) is 4.79 Å². The van der Waals surface area contributed by atoms with Crippen molar-refractivity contribution in [3.8, 4) is 0 Å². The number of hydrogen-bond acceptors (Lipinski definition) is 2. The molecule has 104 valence electrons. The first-order valence-corrected chi connectivity index (χ1v) is 8.10. The van der Waals surface area contributed by atoms with Crippen LogP contribution in [0.3, 0.4) is 0 Å². The van der Waals surface area contributed by atoms with E-state index in [1.54, 1.807) is 11.8 Å². The van der Waals surface area contributed by atoms with Gasteiger partial charge in [0.25, 0.3) is 5.91 Å². The molecule has 0 heterocycles. The second-order valence-electron chi connectivity index (χ2n) is 4.63. The molecule has 0 unspecified atom stereocenters. The minimum atomic E-state index is -0.0649. The van der Waals surface area contributed by atoms with E-state index in [2.05, 4.69) is 18.5 Å². The van der Waals surface area contributed by atoms with Gasteiger partial charge in [-0.25, -0.2) is 0 Å². The molecule has 2 aromatic rings. The number of thioether (sulfide) groups is 1. The summed E-state index contributed by atoms with van der Waals surface area (Å²) in [5.74, 6) is 0.908. The topological polar surface area (TPSA) is 29.1 Å². The SMILES string of the molecule is CCc1ccc(NC(=O)c2ccc(CSC)cc2)cc1. The molecule has 1 N–H and O–H groups in total. The Kier molecular flexibility index (Phi) is 5.24. The summed E-state index contributed by atoms with van der Waals surface area (Å²) in [6.45, 7) is 2.11. The molecule has 0 aliphatic rings. The Morgan fingerprint density at radius 2 is 1.60 bits per heavy atom. The van der Waals surface area contributed by atoms with Gasteiger partial charge in [0.15, 0.2) is 0 Å². The van der Waals surface area contributed by atoms with E-state index in [-0.39, 0.29) is 5.91 Å². The lowest BCUT2D eigenvalue weighted by Gasteiger charge is -2.07. The largest absolute Gasteiger partial charge is 0.322 e. The lowest BCUT2D eigenvalue weighted by atomic mass is 10.1. The van der Waals surface area contributed by atoms with Crippen molar-refractivity contribution in [2.75, 3.05) is 11.6 Å². The molecule has 0 aliphatic heterocycles. The van der Waals surface area contributed by atoms with E-state index in [1.807, 2.05) is 48.5 Å². The van der Waals surface area contributed by atoms with Crippen LogP contribution in [0.15, 0.2) is 48.5 Å². The van der Waals surface area contributed by atoms with Crippen LogP contribution in [0.4, 0.5) is 5.69 Å². The number of hydrogen-bond donors (Lipinski definition) is 1. The summed E-state index contributed by atoms with van der Waals surface area (Å²) in [6.07, 6.45) is 3.08. The fourth-order valence-electron chi connectivity index (χ4n) is 1.95. The first-order valence-electron chi connectivity index (χ1n) is 6.71. The second kappa shape index (κ2) is 7.15. The molecule has 0 saturated carbocycles. The Morgan fingerprint density at radius 1 is 1.00 bits per heavy atom. The summed E-state index contributed by atoms with van der Waals surface area (Å²) in [5.41, 5.74) is 4.03. The first-order chi connectivity index (χ1) is 9.72. The molecule has 20 heavy (non-hydrogen) atoms. The number of carbonyl (C=O) groups is 1. The number of amides is 1. The summed E-state index contributed by atoms with van der Waals surface area (Å²) in [5, 5.41) is 2.92. The quantitative estimate of drug-likeness (QED) is 0.884. The van der Waals surface area contributed by atoms with Gasteiger partial charge in [-0.1, -0.05) is 31.2 Å². The van der Waals surface area contributed by atoms with Gasteiger partial charge in [-0.15, -0.1) is 0 Å². The molecule has 3 heteroatoms. The Balaban J connectivity index is 2.03. The van der Waals surface area contributed by atoms with Crippen molar-refractivity contribution < 1.29 is 4.79 Å². The van der Waals surface area contributed by atoms with Gasteiger partial charge in [0.05, 0.1) is 0 Å². The predicted octanol–water partition coefficient (Wildman–Crippen LogP) is 4.36. The van der Waals surface area contributed by atoms with Gasteiger partial charge in [-0.05, 0) is 48.1 Å². The third-order valence-corrected chi connectivity index (χ3v) is 3.77. The van der Waals surface area contributed by atoms with Crippen LogP contribution in [0.5, 0.6) is 0 Å². The van der Waals surface area contributed by atoms with Gasteiger partial charge in [0, 0.05) is 17.0 Å². The number of benzene rings is 2. The number of nitrogens with one attached hydrogen (secondary N) is 1. The fourth-order valence-corrected chi connectivity index (χ4v) is 2.47. The van der Waals surface area contributed by atoms with Gasteiger partial charge >= 0.3 is 0 Å². The lowest BCUT2D eigenvalue weighted by molar-refractivity contribution is 0.102.